The summed E-state index contributed by atoms with van der Waals surface area (Å²) in [7, 11) is 0. The van der Waals surface area contributed by atoms with Gasteiger partial charge in [0.25, 0.3) is 0 Å². The summed E-state index contributed by atoms with van der Waals surface area (Å²) in [5.41, 5.74) is 1.29. The molecule has 2 nitrogen and oxygen atoms in total. The van der Waals surface area contributed by atoms with Crippen molar-refractivity contribution in [3.8, 4) is 0 Å². The molecule has 0 aromatic heterocycles. The van der Waals surface area contributed by atoms with Gasteiger partial charge >= 0.3 is 0 Å². The standard InChI is InChI=1S/C17H15FO2/c18-16-8-4-7-14(11-16)15(9-10-19)12-17(20)13-5-2-1-3-6-13/h1-8,10-11,15H,9,12H2/t15-/m1/s1. The van der Waals surface area contributed by atoms with Crippen LogP contribution >= 0.6 is 0 Å². The largest absolute Gasteiger partial charge is 0.303 e. The second-order valence-corrected chi connectivity index (χ2v) is 4.65. The predicted molar refractivity (Wildman–Crippen MR) is 75.2 cm³/mol. The number of ketones is 1. The average molecular weight is 270 g/mol. The van der Waals surface area contributed by atoms with Crippen LogP contribution in [0.5, 0.6) is 0 Å². The normalized spacial score (nSPS) is 11.8. The molecule has 0 amide bonds. The lowest BCUT2D eigenvalue weighted by Crippen LogP contribution is -2.08. The van der Waals surface area contributed by atoms with Gasteiger partial charge in [-0.05, 0) is 23.6 Å². The first-order valence-corrected chi connectivity index (χ1v) is 6.48. The summed E-state index contributed by atoms with van der Waals surface area (Å²) in [5.74, 6) is -0.678. The summed E-state index contributed by atoms with van der Waals surface area (Å²) in [6.07, 6.45) is 1.18. The van der Waals surface area contributed by atoms with Crippen molar-refractivity contribution in [2.24, 2.45) is 0 Å². The van der Waals surface area contributed by atoms with E-state index in [1.165, 1.54) is 12.1 Å². The minimum atomic E-state index is -0.356. The Labute approximate surface area is 117 Å². The van der Waals surface area contributed by atoms with Crippen molar-refractivity contribution in [3.63, 3.8) is 0 Å². The van der Waals surface area contributed by atoms with Gasteiger partial charge in [-0.15, -0.1) is 0 Å². The first kappa shape index (κ1) is 14.1. The molecule has 0 aliphatic rings. The molecule has 0 aliphatic carbocycles. The maximum Gasteiger partial charge on any atom is 0.163 e. The predicted octanol–water partition coefficient (Wildman–Crippen LogP) is 3.77. The lowest BCUT2D eigenvalue weighted by molar-refractivity contribution is -0.108. The Morgan fingerprint density at radius 3 is 2.50 bits per heavy atom. The van der Waals surface area contributed by atoms with Crippen LogP contribution in [-0.4, -0.2) is 12.1 Å². The maximum absolute atomic E-state index is 13.3. The lowest BCUT2D eigenvalue weighted by atomic mass is 9.89. The van der Waals surface area contributed by atoms with Gasteiger partial charge in [0.15, 0.2) is 5.78 Å². The van der Waals surface area contributed by atoms with Gasteiger partial charge in [0.1, 0.15) is 12.1 Å². The van der Waals surface area contributed by atoms with Gasteiger partial charge in [0.2, 0.25) is 0 Å². The highest BCUT2D eigenvalue weighted by molar-refractivity contribution is 5.96. The van der Waals surface area contributed by atoms with E-state index in [1.807, 2.05) is 6.07 Å². The minimum absolute atomic E-state index is 0.0401. The van der Waals surface area contributed by atoms with Gasteiger partial charge in [0, 0.05) is 18.4 Å². The van der Waals surface area contributed by atoms with Crippen molar-refractivity contribution in [1.29, 1.82) is 0 Å². The van der Waals surface area contributed by atoms with E-state index in [9.17, 15) is 14.0 Å². The number of Topliss-reactive ketones (excluding diaryl/α,β-unsaturated/α-hetero) is 1. The Morgan fingerprint density at radius 1 is 1.10 bits per heavy atom. The van der Waals surface area contributed by atoms with Crippen LogP contribution in [0.25, 0.3) is 0 Å². The maximum atomic E-state index is 13.3. The van der Waals surface area contributed by atoms with Crippen LogP contribution < -0.4 is 0 Å². The molecule has 0 heterocycles. The highest BCUT2D eigenvalue weighted by atomic mass is 19.1. The van der Waals surface area contributed by atoms with Crippen LogP contribution in [-0.2, 0) is 4.79 Å². The molecule has 0 saturated carbocycles. The molecular formula is C17H15FO2. The highest BCUT2D eigenvalue weighted by Gasteiger charge is 2.17. The third kappa shape index (κ3) is 3.60. The zero-order chi connectivity index (χ0) is 14.4. The SMILES string of the molecule is O=CC[C@H](CC(=O)c1ccccc1)c1cccc(F)c1. The monoisotopic (exact) mass is 270 g/mol. The fraction of sp³-hybridized carbons (Fsp3) is 0.176. The van der Waals surface area contributed by atoms with E-state index in [-0.39, 0.29) is 30.4 Å². The Bertz CT molecular complexity index is 593. The fourth-order valence-electron chi connectivity index (χ4n) is 2.18. The van der Waals surface area contributed by atoms with E-state index in [2.05, 4.69) is 0 Å². The number of hydrogen-bond donors (Lipinski definition) is 0. The second kappa shape index (κ2) is 6.75. The molecule has 2 aromatic rings. The molecule has 0 aliphatic heterocycles. The Kier molecular flexibility index (Phi) is 4.77. The number of rotatable bonds is 6. The summed E-state index contributed by atoms with van der Waals surface area (Å²) in [6, 6.07) is 15.0. The first-order valence-electron chi connectivity index (χ1n) is 6.48. The van der Waals surface area contributed by atoms with Crippen molar-refractivity contribution >= 4 is 12.1 Å². The van der Waals surface area contributed by atoms with Gasteiger partial charge in [-0.1, -0.05) is 42.5 Å². The molecule has 20 heavy (non-hydrogen) atoms. The molecule has 2 rings (SSSR count). The van der Waals surface area contributed by atoms with Crippen LogP contribution in [0.4, 0.5) is 4.39 Å². The van der Waals surface area contributed by atoms with Crippen LogP contribution in [0.3, 0.4) is 0 Å². The highest BCUT2D eigenvalue weighted by Crippen LogP contribution is 2.25. The number of aldehydes is 1. The van der Waals surface area contributed by atoms with Gasteiger partial charge in [-0.3, -0.25) is 4.79 Å². The summed E-state index contributed by atoms with van der Waals surface area (Å²) < 4.78 is 13.3. The number of benzene rings is 2. The van der Waals surface area contributed by atoms with Gasteiger partial charge in [-0.2, -0.15) is 0 Å². The van der Waals surface area contributed by atoms with E-state index in [0.29, 0.717) is 11.1 Å². The van der Waals surface area contributed by atoms with E-state index in [0.717, 1.165) is 6.29 Å². The van der Waals surface area contributed by atoms with Crippen molar-refractivity contribution < 1.29 is 14.0 Å². The third-order valence-corrected chi connectivity index (χ3v) is 3.23. The summed E-state index contributed by atoms with van der Waals surface area (Å²) in [4.78, 5) is 23.0. The van der Waals surface area contributed by atoms with Crippen molar-refractivity contribution in [3.05, 3.63) is 71.5 Å². The molecule has 1 atom stereocenters. The van der Waals surface area contributed by atoms with Gasteiger partial charge in [0.05, 0.1) is 0 Å². The molecule has 102 valence electrons. The van der Waals surface area contributed by atoms with Crippen LogP contribution in [0, 0.1) is 5.82 Å². The molecular weight excluding hydrogens is 255 g/mol. The van der Waals surface area contributed by atoms with Crippen molar-refractivity contribution in [2.45, 2.75) is 18.8 Å². The van der Waals surface area contributed by atoms with Gasteiger partial charge < -0.3 is 4.79 Å². The van der Waals surface area contributed by atoms with Crippen LogP contribution in [0.1, 0.15) is 34.7 Å². The Hall–Kier alpha value is -2.29. The van der Waals surface area contributed by atoms with Crippen molar-refractivity contribution in [1.82, 2.24) is 0 Å². The minimum Gasteiger partial charge on any atom is -0.303 e. The van der Waals surface area contributed by atoms with E-state index < -0.39 is 0 Å². The zero-order valence-electron chi connectivity index (χ0n) is 11.0. The molecule has 2 aromatic carbocycles. The molecule has 0 unspecified atom stereocenters. The third-order valence-electron chi connectivity index (χ3n) is 3.23. The number of halogens is 1. The van der Waals surface area contributed by atoms with E-state index >= 15 is 0 Å². The second-order valence-electron chi connectivity index (χ2n) is 4.65. The average Bonchev–Trinajstić information content (AvgIpc) is 2.47. The molecule has 0 spiro atoms. The molecule has 0 saturated heterocycles. The molecule has 0 fully saturated rings. The summed E-state index contributed by atoms with van der Waals surface area (Å²) in [6.45, 7) is 0. The molecule has 3 heteroatoms. The topological polar surface area (TPSA) is 34.1 Å². The number of hydrogen-bond acceptors (Lipinski definition) is 2. The Morgan fingerprint density at radius 2 is 1.85 bits per heavy atom. The zero-order valence-corrected chi connectivity index (χ0v) is 11.0. The quantitative estimate of drug-likeness (QED) is 0.591. The Balaban J connectivity index is 2.18. The van der Waals surface area contributed by atoms with Gasteiger partial charge in [-0.25, -0.2) is 4.39 Å². The number of carbonyl (C=O) groups is 2. The lowest BCUT2D eigenvalue weighted by Gasteiger charge is -2.14. The summed E-state index contributed by atoms with van der Waals surface area (Å²) >= 11 is 0. The number of carbonyl (C=O) groups excluding carboxylic acids is 2. The molecule has 0 bridgehead atoms. The van der Waals surface area contributed by atoms with Crippen LogP contribution in [0.15, 0.2) is 54.6 Å². The molecule has 0 radical (unpaired) electrons. The first-order chi connectivity index (χ1) is 9.70. The summed E-state index contributed by atoms with van der Waals surface area (Å²) in [5, 5.41) is 0. The fourth-order valence-corrected chi connectivity index (χ4v) is 2.18. The van der Waals surface area contributed by atoms with E-state index in [4.69, 9.17) is 0 Å². The van der Waals surface area contributed by atoms with E-state index in [1.54, 1.807) is 36.4 Å². The smallest absolute Gasteiger partial charge is 0.163 e. The molecule has 0 N–H and O–H groups in total. The van der Waals surface area contributed by atoms with Crippen molar-refractivity contribution in [2.75, 3.05) is 0 Å². The van der Waals surface area contributed by atoms with Crippen LogP contribution in [0.2, 0.25) is 0 Å².